The number of aliphatic hydroxyl groups excluding tert-OH is 1. The number of halogens is 3. The molecule has 0 fully saturated rings. The van der Waals surface area contributed by atoms with Crippen molar-refractivity contribution in [3.63, 3.8) is 0 Å². The number of aliphatic hydroxyl groups is 1. The first-order valence-corrected chi connectivity index (χ1v) is 20.9. The van der Waals surface area contributed by atoms with Crippen molar-refractivity contribution < 1.29 is 33.0 Å². The highest BCUT2D eigenvalue weighted by molar-refractivity contribution is 9.09. The van der Waals surface area contributed by atoms with E-state index in [1.165, 1.54) is 49.0 Å². The van der Waals surface area contributed by atoms with Gasteiger partial charge >= 0.3 is 0 Å². The summed E-state index contributed by atoms with van der Waals surface area (Å²) in [6.45, 7) is 0. The molecule has 9 aromatic rings. The van der Waals surface area contributed by atoms with E-state index in [1.807, 2.05) is 80.5 Å². The first-order chi connectivity index (χ1) is 28.2. The van der Waals surface area contributed by atoms with Crippen LogP contribution in [0.1, 0.15) is 45.5 Å². The second-order valence-corrected chi connectivity index (χ2v) is 15.5. The van der Waals surface area contributed by atoms with E-state index in [9.17, 15) is 23.5 Å². The fraction of sp³-hybridized carbons (Fsp3) is 0.136. The number of hydrogen-bond donors (Lipinski definition) is 1. The lowest BCUT2D eigenvalue weighted by Crippen LogP contribution is -2.05. The Morgan fingerprint density at radius 1 is 0.741 bits per heavy atom. The van der Waals surface area contributed by atoms with Gasteiger partial charge in [-0.1, -0.05) is 52.3 Å². The topological polar surface area (TPSA) is 107 Å². The number of imidazole rings is 2. The van der Waals surface area contributed by atoms with Gasteiger partial charge in [-0.15, -0.1) is 22.7 Å². The van der Waals surface area contributed by atoms with Crippen LogP contribution < -0.4 is 9.47 Å². The van der Waals surface area contributed by atoms with E-state index >= 15 is 0 Å². The first kappa shape index (κ1) is 39.0. The summed E-state index contributed by atoms with van der Waals surface area (Å²) >= 11 is 5.87. The van der Waals surface area contributed by atoms with Crippen LogP contribution in [0.25, 0.3) is 54.0 Å². The number of rotatable bonds is 11. The molecule has 9 nitrogen and oxygen atoms in total. The number of methoxy groups -OCH3 is 2. The van der Waals surface area contributed by atoms with E-state index < -0.39 is 6.10 Å². The average Bonchev–Trinajstić information content (AvgIpc) is 4.06. The molecule has 0 saturated heterocycles. The monoisotopic (exact) mass is 878 g/mol. The minimum atomic E-state index is -0.952. The number of ketones is 2. The second kappa shape index (κ2) is 16.6. The zero-order chi connectivity index (χ0) is 40.5. The van der Waals surface area contributed by atoms with Crippen molar-refractivity contribution in [3.8, 4) is 34.3 Å². The molecule has 1 unspecified atom stereocenters. The van der Waals surface area contributed by atoms with Gasteiger partial charge in [0.1, 0.15) is 29.0 Å². The summed E-state index contributed by atoms with van der Waals surface area (Å²) in [5.41, 5.74) is 4.51. The van der Waals surface area contributed by atoms with Crippen molar-refractivity contribution >= 4 is 81.4 Å². The molecule has 0 aliphatic carbocycles. The molecule has 6 heterocycles. The van der Waals surface area contributed by atoms with Crippen molar-refractivity contribution in [1.29, 1.82) is 0 Å². The number of Topliss-reactive ketones (excluding diaryl/α,β-unsaturated/α-hetero) is 2. The van der Waals surface area contributed by atoms with Crippen molar-refractivity contribution in [2.45, 2.75) is 18.9 Å². The van der Waals surface area contributed by atoms with Crippen LogP contribution >= 0.6 is 38.6 Å². The maximum absolute atomic E-state index is 14.3. The third-order valence-electron chi connectivity index (χ3n) is 9.76. The number of aromatic nitrogens is 4. The van der Waals surface area contributed by atoms with Gasteiger partial charge in [0.2, 0.25) is 0 Å². The second-order valence-electron chi connectivity index (χ2n) is 13.2. The molecule has 0 spiro atoms. The predicted octanol–water partition coefficient (Wildman–Crippen LogP) is 11.0. The highest BCUT2D eigenvalue weighted by Gasteiger charge is 2.23. The van der Waals surface area contributed by atoms with Crippen LogP contribution in [0.5, 0.6) is 11.5 Å². The smallest absolute Gasteiger partial charge is 0.193 e. The van der Waals surface area contributed by atoms with Crippen LogP contribution in [0, 0.1) is 11.6 Å². The predicted molar refractivity (Wildman–Crippen MR) is 228 cm³/mol. The molecule has 1 N–H and O–H groups in total. The molecular formula is C44H33BrF2N4O5S2. The number of alkyl halides is 1. The number of carbonyl (C=O) groups excluding carboxylic acids is 2. The van der Waals surface area contributed by atoms with E-state index in [-0.39, 0.29) is 41.4 Å². The Kier molecular flexibility index (Phi) is 11.2. The van der Waals surface area contributed by atoms with Crippen LogP contribution in [-0.2, 0) is 0 Å². The molecule has 14 heteroatoms. The minimum Gasteiger partial charge on any atom is -0.493 e. The number of nitrogens with zero attached hydrogens (tertiary/aromatic N) is 4. The van der Waals surface area contributed by atoms with Gasteiger partial charge in [-0.25, -0.2) is 18.7 Å². The first-order valence-electron chi connectivity index (χ1n) is 18.0. The molecule has 292 valence electrons. The number of hydrogen-bond acceptors (Lipinski definition) is 9. The third kappa shape index (κ3) is 7.17. The lowest BCUT2D eigenvalue weighted by Gasteiger charge is -2.10. The van der Waals surface area contributed by atoms with Gasteiger partial charge in [-0.3, -0.25) is 18.4 Å². The molecule has 0 bridgehead atoms. The molecule has 0 aliphatic rings. The Balaban J connectivity index is 0.000000176. The molecule has 58 heavy (non-hydrogen) atoms. The molecule has 9 rings (SSSR count). The Bertz CT molecular complexity index is 2990. The van der Waals surface area contributed by atoms with Gasteiger partial charge in [0.05, 0.1) is 51.8 Å². The molecule has 3 aromatic carbocycles. The van der Waals surface area contributed by atoms with Crippen molar-refractivity contribution in [2.75, 3.05) is 19.5 Å². The Morgan fingerprint density at radius 3 is 1.93 bits per heavy atom. The van der Waals surface area contributed by atoms with E-state index in [2.05, 4.69) is 20.9 Å². The number of thiophene rings is 2. The Labute approximate surface area is 346 Å². The maximum Gasteiger partial charge on any atom is 0.193 e. The van der Waals surface area contributed by atoms with Gasteiger partial charge in [-0.2, -0.15) is 0 Å². The van der Waals surface area contributed by atoms with Crippen molar-refractivity contribution in [1.82, 2.24) is 18.8 Å². The Morgan fingerprint density at radius 2 is 1.33 bits per heavy atom. The molecular weight excluding hydrogens is 847 g/mol. The lowest BCUT2D eigenvalue weighted by atomic mass is 10.0. The van der Waals surface area contributed by atoms with Crippen LogP contribution in [0.3, 0.4) is 0 Å². The van der Waals surface area contributed by atoms with E-state index in [0.29, 0.717) is 49.5 Å². The molecule has 0 radical (unpaired) electrons. The van der Waals surface area contributed by atoms with E-state index in [0.717, 1.165) is 32.9 Å². The zero-order valence-corrected chi connectivity index (χ0v) is 34.2. The zero-order valence-electron chi connectivity index (χ0n) is 31.0. The minimum absolute atomic E-state index is 0.0781. The van der Waals surface area contributed by atoms with E-state index in [1.54, 1.807) is 30.3 Å². The largest absolute Gasteiger partial charge is 0.493 e. The van der Waals surface area contributed by atoms with Crippen LogP contribution in [0.4, 0.5) is 8.78 Å². The average molecular weight is 880 g/mol. The molecule has 0 aliphatic heterocycles. The lowest BCUT2D eigenvalue weighted by molar-refractivity contribution is 0.0938. The maximum atomic E-state index is 14.3. The van der Waals surface area contributed by atoms with Gasteiger partial charge in [-0.05, 0) is 61.0 Å². The summed E-state index contributed by atoms with van der Waals surface area (Å²) in [5, 5.41) is 16.6. The number of benzene rings is 3. The summed E-state index contributed by atoms with van der Waals surface area (Å²) in [6, 6.07) is 26.3. The molecule has 0 amide bonds. The SMILES string of the molecule is COc1ccc(C(=O)CCC(O)c2nc(-c3csc4c(F)cccc34)n3ccccc23)cc1OC.O=C(CBr)c1nc(-c2csc3c(F)cccc23)n2ccccc12. The summed E-state index contributed by atoms with van der Waals surface area (Å²) in [7, 11) is 3.05. The molecule has 1 atom stereocenters. The van der Waals surface area contributed by atoms with E-state index in [4.69, 9.17) is 14.5 Å². The highest BCUT2D eigenvalue weighted by atomic mass is 79.9. The highest BCUT2D eigenvalue weighted by Crippen LogP contribution is 2.38. The van der Waals surface area contributed by atoms with Crippen LogP contribution in [0.15, 0.2) is 114 Å². The Hall–Kier alpha value is -5.80. The van der Waals surface area contributed by atoms with Crippen LogP contribution in [-0.4, -0.2) is 55.0 Å². The fourth-order valence-corrected chi connectivity index (χ4v) is 9.12. The van der Waals surface area contributed by atoms with Crippen molar-refractivity contribution in [2.24, 2.45) is 0 Å². The third-order valence-corrected chi connectivity index (χ3v) is 12.3. The van der Waals surface area contributed by atoms with Gasteiger partial charge in [0.15, 0.2) is 23.1 Å². The number of pyridine rings is 2. The fourth-order valence-electron chi connectivity index (χ4n) is 6.94. The number of fused-ring (bicyclic) bond motifs is 4. The number of carbonyl (C=O) groups is 2. The summed E-state index contributed by atoms with van der Waals surface area (Å²) < 4.78 is 43.7. The van der Waals surface area contributed by atoms with Crippen molar-refractivity contribution in [3.05, 3.63) is 143 Å². The summed E-state index contributed by atoms with van der Waals surface area (Å²) in [5.74, 6) is 1.59. The standard InChI is InChI=1S/C27H23FN2O4S.C17H10BrFN2OS/c1-33-23-12-9-16(14-24(23)34-2)21(31)10-11-22(32)25-20-8-3-4-13-30(20)27(29-25)18-15-35-26-17(18)6-5-7-19(26)28;18-8-14(22)15-13-6-1-2-7-21(13)17(20-15)11-9-23-16-10(11)4-3-5-12(16)19/h3-9,12-15,22,32H,10-11H2,1-2H3;1-7,9H,8H2. The van der Waals surface area contributed by atoms with Gasteiger partial charge in [0.25, 0.3) is 0 Å². The van der Waals surface area contributed by atoms with Gasteiger partial charge < -0.3 is 14.6 Å². The summed E-state index contributed by atoms with van der Waals surface area (Å²) in [4.78, 5) is 34.3. The van der Waals surface area contributed by atoms with Gasteiger partial charge in [0, 0.05) is 57.0 Å². The number of ether oxygens (including phenoxy) is 2. The van der Waals surface area contributed by atoms with Crippen LogP contribution in [0.2, 0.25) is 0 Å². The molecule has 6 aromatic heterocycles. The molecule has 0 saturated carbocycles. The normalized spacial score (nSPS) is 11.9. The quantitative estimate of drug-likeness (QED) is 0.102. The summed E-state index contributed by atoms with van der Waals surface area (Å²) in [6.07, 6.45) is 3.11.